The molecular weight excluding hydrogens is 395 g/mol. The van der Waals surface area contributed by atoms with Gasteiger partial charge in [0.05, 0.1) is 25.1 Å². The van der Waals surface area contributed by atoms with Gasteiger partial charge in [0, 0.05) is 31.9 Å². The first kappa shape index (κ1) is 19.5. The fourth-order valence-corrected chi connectivity index (χ4v) is 5.04. The summed E-state index contributed by atoms with van der Waals surface area (Å²) in [4.78, 5) is 8.86. The molecule has 0 bridgehead atoms. The van der Waals surface area contributed by atoms with Crippen molar-refractivity contribution < 1.29 is 17.5 Å². The summed E-state index contributed by atoms with van der Waals surface area (Å²) in [6, 6.07) is 12.8. The zero-order valence-corrected chi connectivity index (χ0v) is 17.0. The van der Waals surface area contributed by atoms with Crippen LogP contribution in [-0.2, 0) is 10.0 Å². The highest BCUT2D eigenvalue weighted by molar-refractivity contribution is 7.89. The fourth-order valence-electron chi connectivity index (χ4n) is 3.60. The van der Waals surface area contributed by atoms with Crippen molar-refractivity contribution in [3.63, 3.8) is 0 Å². The van der Waals surface area contributed by atoms with E-state index in [1.54, 1.807) is 43.5 Å². The Labute approximate surface area is 170 Å². The summed E-state index contributed by atoms with van der Waals surface area (Å²) in [6.45, 7) is 3.49. The van der Waals surface area contributed by atoms with Gasteiger partial charge >= 0.3 is 0 Å². The molecule has 1 fully saturated rings. The van der Waals surface area contributed by atoms with E-state index in [2.05, 4.69) is 9.89 Å². The standard InChI is InChI=1S/C20H23FN4O3S/c1-28-18-6-8-19(9-7-18)29(26,27)25-11-10-22-20(25)24-14-12-23(13-15-24)17-4-2-16(21)3-5-17/h2-9H,10-15H2,1H3. The van der Waals surface area contributed by atoms with Crippen molar-refractivity contribution in [3.05, 3.63) is 54.3 Å². The molecule has 0 N–H and O–H groups in total. The molecule has 154 valence electrons. The molecule has 0 aromatic heterocycles. The molecule has 0 saturated carbocycles. The third kappa shape index (κ3) is 3.87. The highest BCUT2D eigenvalue weighted by atomic mass is 32.2. The van der Waals surface area contributed by atoms with Crippen LogP contribution in [0.4, 0.5) is 10.1 Å². The molecule has 4 rings (SSSR count). The van der Waals surface area contributed by atoms with Crippen molar-refractivity contribution in [3.8, 4) is 5.75 Å². The molecule has 2 aromatic rings. The predicted octanol–water partition coefficient (Wildman–Crippen LogP) is 2.02. The van der Waals surface area contributed by atoms with Gasteiger partial charge in [-0.05, 0) is 48.5 Å². The molecule has 0 amide bonds. The average Bonchev–Trinajstić information content (AvgIpc) is 3.25. The average molecular weight is 418 g/mol. The van der Waals surface area contributed by atoms with Crippen LogP contribution in [0.1, 0.15) is 0 Å². The Balaban J connectivity index is 1.46. The minimum Gasteiger partial charge on any atom is -0.497 e. The Morgan fingerprint density at radius 3 is 2.14 bits per heavy atom. The Morgan fingerprint density at radius 2 is 1.52 bits per heavy atom. The van der Waals surface area contributed by atoms with Gasteiger partial charge in [0.1, 0.15) is 11.6 Å². The number of halogens is 1. The van der Waals surface area contributed by atoms with Crippen LogP contribution in [0.25, 0.3) is 0 Å². The lowest BCUT2D eigenvalue weighted by atomic mass is 10.2. The first-order valence-corrected chi connectivity index (χ1v) is 10.9. The first-order chi connectivity index (χ1) is 14.0. The van der Waals surface area contributed by atoms with Crippen LogP contribution in [0.3, 0.4) is 0 Å². The van der Waals surface area contributed by atoms with Crippen LogP contribution in [-0.4, -0.2) is 70.0 Å². The Kier molecular flexibility index (Phi) is 5.31. The third-order valence-electron chi connectivity index (χ3n) is 5.18. The lowest BCUT2D eigenvalue weighted by molar-refractivity contribution is 0.358. The van der Waals surface area contributed by atoms with Crippen molar-refractivity contribution in [2.75, 3.05) is 51.3 Å². The predicted molar refractivity (Wildman–Crippen MR) is 109 cm³/mol. The number of piperazine rings is 1. The second-order valence-electron chi connectivity index (χ2n) is 6.88. The number of rotatable bonds is 4. The number of ether oxygens (including phenoxy) is 1. The first-order valence-electron chi connectivity index (χ1n) is 9.46. The molecule has 2 aliphatic rings. The van der Waals surface area contributed by atoms with Gasteiger partial charge < -0.3 is 14.5 Å². The van der Waals surface area contributed by atoms with Crippen LogP contribution in [0.15, 0.2) is 58.4 Å². The number of hydrogen-bond donors (Lipinski definition) is 0. The van der Waals surface area contributed by atoms with Crippen molar-refractivity contribution >= 4 is 21.7 Å². The molecule has 0 spiro atoms. The fraction of sp³-hybridized carbons (Fsp3) is 0.350. The quantitative estimate of drug-likeness (QED) is 0.760. The summed E-state index contributed by atoms with van der Waals surface area (Å²) in [5.74, 6) is 0.850. The molecule has 0 atom stereocenters. The van der Waals surface area contributed by atoms with Gasteiger partial charge in [-0.15, -0.1) is 0 Å². The van der Waals surface area contributed by atoms with E-state index in [9.17, 15) is 12.8 Å². The van der Waals surface area contributed by atoms with Gasteiger partial charge in [-0.1, -0.05) is 0 Å². The Hall–Kier alpha value is -2.81. The SMILES string of the molecule is COc1ccc(S(=O)(=O)N2CCN=C2N2CCN(c3ccc(F)cc3)CC2)cc1. The molecule has 0 aliphatic carbocycles. The van der Waals surface area contributed by atoms with Crippen LogP contribution in [0, 0.1) is 5.82 Å². The Bertz CT molecular complexity index is 985. The van der Waals surface area contributed by atoms with Gasteiger partial charge in [-0.25, -0.2) is 17.1 Å². The number of sulfonamides is 1. The third-order valence-corrected chi connectivity index (χ3v) is 6.98. The molecule has 2 aromatic carbocycles. The van der Waals surface area contributed by atoms with E-state index >= 15 is 0 Å². The van der Waals surface area contributed by atoms with E-state index < -0.39 is 10.0 Å². The van der Waals surface area contributed by atoms with Crippen molar-refractivity contribution in [2.24, 2.45) is 4.99 Å². The van der Waals surface area contributed by atoms with Gasteiger partial charge in [-0.3, -0.25) is 4.99 Å². The minimum absolute atomic E-state index is 0.220. The second-order valence-corrected chi connectivity index (χ2v) is 8.75. The maximum Gasteiger partial charge on any atom is 0.266 e. The topological polar surface area (TPSA) is 65.5 Å². The maximum atomic E-state index is 13.1. The smallest absolute Gasteiger partial charge is 0.266 e. The molecular formula is C20H23FN4O3S. The normalized spacial score (nSPS) is 17.4. The van der Waals surface area contributed by atoms with Crippen LogP contribution < -0.4 is 9.64 Å². The summed E-state index contributed by atoms with van der Waals surface area (Å²) >= 11 is 0. The molecule has 29 heavy (non-hydrogen) atoms. The molecule has 2 heterocycles. The van der Waals surface area contributed by atoms with Crippen molar-refractivity contribution in [1.29, 1.82) is 0 Å². The van der Waals surface area contributed by atoms with E-state index in [1.807, 2.05) is 4.90 Å². The van der Waals surface area contributed by atoms with E-state index in [0.29, 0.717) is 51.0 Å². The summed E-state index contributed by atoms with van der Waals surface area (Å²) in [6.07, 6.45) is 0. The summed E-state index contributed by atoms with van der Waals surface area (Å²) in [7, 11) is -2.14. The number of aliphatic imine (C=N–C) groups is 1. The molecule has 1 saturated heterocycles. The summed E-state index contributed by atoms with van der Waals surface area (Å²) in [5, 5.41) is 0. The highest BCUT2D eigenvalue weighted by Crippen LogP contribution is 2.24. The van der Waals surface area contributed by atoms with Gasteiger partial charge in [0.25, 0.3) is 10.0 Å². The molecule has 0 unspecified atom stereocenters. The summed E-state index contributed by atoms with van der Waals surface area (Å²) < 4.78 is 45.9. The lowest BCUT2D eigenvalue weighted by Crippen LogP contribution is -2.53. The second kappa shape index (κ2) is 7.90. The van der Waals surface area contributed by atoms with E-state index in [0.717, 1.165) is 5.69 Å². The number of benzene rings is 2. The van der Waals surface area contributed by atoms with E-state index in [-0.39, 0.29) is 10.7 Å². The van der Waals surface area contributed by atoms with Crippen LogP contribution in [0.5, 0.6) is 5.75 Å². The number of guanidine groups is 1. The lowest BCUT2D eigenvalue weighted by Gasteiger charge is -2.38. The minimum atomic E-state index is -3.68. The van der Waals surface area contributed by atoms with Gasteiger partial charge in [0.2, 0.25) is 5.96 Å². The summed E-state index contributed by atoms with van der Waals surface area (Å²) in [5.41, 5.74) is 0.960. The Morgan fingerprint density at radius 1 is 0.897 bits per heavy atom. The van der Waals surface area contributed by atoms with Crippen molar-refractivity contribution in [2.45, 2.75) is 4.90 Å². The zero-order valence-electron chi connectivity index (χ0n) is 16.2. The van der Waals surface area contributed by atoms with Gasteiger partial charge in [0.15, 0.2) is 0 Å². The van der Waals surface area contributed by atoms with Crippen LogP contribution >= 0.6 is 0 Å². The zero-order chi connectivity index (χ0) is 20.4. The van der Waals surface area contributed by atoms with Crippen LogP contribution in [0.2, 0.25) is 0 Å². The number of hydrogen-bond acceptors (Lipinski definition) is 6. The van der Waals surface area contributed by atoms with Crippen molar-refractivity contribution in [1.82, 2.24) is 9.21 Å². The number of anilines is 1. The van der Waals surface area contributed by atoms with E-state index in [1.165, 1.54) is 16.4 Å². The maximum absolute atomic E-state index is 13.1. The number of methoxy groups -OCH3 is 1. The molecule has 2 aliphatic heterocycles. The molecule has 9 heteroatoms. The molecule has 0 radical (unpaired) electrons. The largest absolute Gasteiger partial charge is 0.497 e. The highest BCUT2D eigenvalue weighted by Gasteiger charge is 2.35. The number of nitrogens with zero attached hydrogens (tertiary/aromatic N) is 4. The molecule has 7 nitrogen and oxygen atoms in total. The van der Waals surface area contributed by atoms with Gasteiger partial charge in [-0.2, -0.15) is 0 Å². The monoisotopic (exact) mass is 418 g/mol. The van der Waals surface area contributed by atoms with E-state index in [4.69, 9.17) is 4.74 Å².